The van der Waals surface area contributed by atoms with Crippen molar-refractivity contribution < 1.29 is 9.90 Å². The summed E-state index contributed by atoms with van der Waals surface area (Å²) >= 11 is 0. The van der Waals surface area contributed by atoms with E-state index in [2.05, 4.69) is 15.2 Å². The number of phenolic OH excluding ortho intramolecular Hbond substituents is 1. The summed E-state index contributed by atoms with van der Waals surface area (Å²) in [6.07, 6.45) is 4.86. The van der Waals surface area contributed by atoms with Crippen molar-refractivity contribution >= 4 is 11.7 Å². The molecule has 2 fully saturated rings. The number of hydrogen-bond acceptors (Lipinski definition) is 5. The SMILES string of the molecule is Cc1cc(N2CCC3(CCNC(=O)CC3)CC2)nc(-c2ccccc2O)n1. The van der Waals surface area contributed by atoms with Crippen molar-refractivity contribution in [2.24, 2.45) is 5.41 Å². The standard InChI is InChI=1S/C21H26N4O2/c1-15-14-18(24-20(23-15)16-4-2-3-5-17(16)26)25-12-9-21(10-13-25)7-6-19(27)22-11-8-21/h2-5,14,26H,6-13H2,1H3,(H,22,27). The summed E-state index contributed by atoms with van der Waals surface area (Å²) in [6.45, 7) is 4.63. The van der Waals surface area contributed by atoms with E-state index in [1.54, 1.807) is 12.1 Å². The number of hydrogen-bond donors (Lipinski definition) is 2. The minimum absolute atomic E-state index is 0.188. The molecule has 1 amide bonds. The van der Waals surface area contributed by atoms with E-state index >= 15 is 0 Å². The number of nitrogens with one attached hydrogen (secondary N) is 1. The molecule has 2 saturated heterocycles. The summed E-state index contributed by atoms with van der Waals surface area (Å²) < 4.78 is 0. The van der Waals surface area contributed by atoms with Crippen molar-refractivity contribution in [2.45, 2.75) is 39.0 Å². The van der Waals surface area contributed by atoms with E-state index in [4.69, 9.17) is 4.98 Å². The van der Waals surface area contributed by atoms with Crippen LogP contribution in [-0.2, 0) is 4.79 Å². The molecule has 142 valence electrons. The maximum absolute atomic E-state index is 11.7. The van der Waals surface area contributed by atoms with Crippen molar-refractivity contribution in [3.63, 3.8) is 0 Å². The van der Waals surface area contributed by atoms with Gasteiger partial charge in [0, 0.05) is 37.8 Å². The molecule has 2 aliphatic heterocycles. The minimum Gasteiger partial charge on any atom is -0.507 e. The zero-order chi connectivity index (χ0) is 18.9. The van der Waals surface area contributed by atoms with Gasteiger partial charge in [0.15, 0.2) is 5.82 Å². The highest BCUT2D eigenvalue weighted by Gasteiger charge is 2.36. The molecule has 0 saturated carbocycles. The largest absolute Gasteiger partial charge is 0.507 e. The highest BCUT2D eigenvalue weighted by Crippen LogP contribution is 2.41. The summed E-state index contributed by atoms with van der Waals surface area (Å²) in [5.74, 6) is 1.86. The van der Waals surface area contributed by atoms with Crippen molar-refractivity contribution in [3.8, 4) is 17.1 Å². The van der Waals surface area contributed by atoms with E-state index in [0.29, 0.717) is 17.8 Å². The summed E-state index contributed by atoms with van der Waals surface area (Å²) in [5, 5.41) is 13.1. The lowest BCUT2D eigenvalue weighted by Crippen LogP contribution is -2.41. The number of carbonyl (C=O) groups is 1. The first-order valence-electron chi connectivity index (χ1n) is 9.70. The van der Waals surface area contributed by atoms with Gasteiger partial charge in [0.1, 0.15) is 11.6 Å². The monoisotopic (exact) mass is 366 g/mol. The van der Waals surface area contributed by atoms with E-state index in [0.717, 1.165) is 56.8 Å². The fraction of sp³-hybridized carbons (Fsp3) is 0.476. The Hall–Kier alpha value is -2.63. The highest BCUT2D eigenvalue weighted by molar-refractivity contribution is 5.76. The Balaban J connectivity index is 1.53. The van der Waals surface area contributed by atoms with Crippen molar-refractivity contribution in [1.82, 2.24) is 15.3 Å². The average Bonchev–Trinajstić information content (AvgIpc) is 2.84. The van der Waals surface area contributed by atoms with Gasteiger partial charge in [0.05, 0.1) is 5.56 Å². The second-order valence-electron chi connectivity index (χ2n) is 7.80. The molecule has 6 heteroatoms. The first-order chi connectivity index (χ1) is 13.0. The van der Waals surface area contributed by atoms with Gasteiger partial charge in [-0.25, -0.2) is 9.97 Å². The van der Waals surface area contributed by atoms with E-state index in [-0.39, 0.29) is 17.1 Å². The summed E-state index contributed by atoms with van der Waals surface area (Å²) in [7, 11) is 0. The molecule has 27 heavy (non-hydrogen) atoms. The van der Waals surface area contributed by atoms with Gasteiger partial charge in [-0.1, -0.05) is 12.1 Å². The van der Waals surface area contributed by atoms with Crippen LogP contribution in [0.25, 0.3) is 11.4 Å². The van der Waals surface area contributed by atoms with Crippen LogP contribution in [0, 0.1) is 12.3 Å². The number of rotatable bonds is 2. The number of carbonyl (C=O) groups excluding carboxylic acids is 1. The maximum Gasteiger partial charge on any atom is 0.220 e. The predicted octanol–water partition coefficient (Wildman–Crippen LogP) is 3.04. The lowest BCUT2D eigenvalue weighted by atomic mass is 9.73. The van der Waals surface area contributed by atoms with Crippen LogP contribution in [0.5, 0.6) is 5.75 Å². The van der Waals surface area contributed by atoms with E-state index in [1.165, 1.54) is 0 Å². The van der Waals surface area contributed by atoms with Crippen LogP contribution in [0.15, 0.2) is 30.3 Å². The number of phenols is 1. The molecule has 1 aromatic carbocycles. The van der Waals surface area contributed by atoms with Crippen LogP contribution >= 0.6 is 0 Å². The number of nitrogens with zero attached hydrogens (tertiary/aromatic N) is 3. The molecular formula is C21H26N4O2. The normalized spacial score (nSPS) is 19.6. The highest BCUT2D eigenvalue weighted by atomic mass is 16.3. The quantitative estimate of drug-likeness (QED) is 0.854. The fourth-order valence-electron chi connectivity index (χ4n) is 4.27. The molecule has 0 bridgehead atoms. The first-order valence-corrected chi connectivity index (χ1v) is 9.70. The van der Waals surface area contributed by atoms with Gasteiger partial charge in [-0.15, -0.1) is 0 Å². The van der Waals surface area contributed by atoms with Crippen LogP contribution in [-0.4, -0.2) is 40.6 Å². The van der Waals surface area contributed by atoms with Crippen molar-refractivity contribution in [1.29, 1.82) is 0 Å². The van der Waals surface area contributed by atoms with Gasteiger partial charge >= 0.3 is 0 Å². The Morgan fingerprint density at radius 1 is 1.11 bits per heavy atom. The third kappa shape index (κ3) is 3.75. The number of para-hydroxylation sites is 1. The molecule has 0 atom stereocenters. The summed E-state index contributed by atoms with van der Waals surface area (Å²) in [4.78, 5) is 23.2. The lowest BCUT2D eigenvalue weighted by Gasteiger charge is -2.41. The molecule has 2 aliphatic rings. The predicted molar refractivity (Wildman–Crippen MR) is 105 cm³/mol. The molecule has 0 aliphatic carbocycles. The molecule has 3 heterocycles. The van der Waals surface area contributed by atoms with Crippen molar-refractivity contribution in [2.75, 3.05) is 24.5 Å². The van der Waals surface area contributed by atoms with Gasteiger partial charge < -0.3 is 15.3 Å². The van der Waals surface area contributed by atoms with Gasteiger partial charge in [-0.2, -0.15) is 0 Å². The molecule has 0 unspecified atom stereocenters. The van der Waals surface area contributed by atoms with Crippen molar-refractivity contribution in [3.05, 3.63) is 36.0 Å². The van der Waals surface area contributed by atoms with E-state index in [9.17, 15) is 9.90 Å². The Bertz CT molecular complexity index is 844. The van der Waals surface area contributed by atoms with Crippen LogP contribution in [0.1, 0.15) is 37.8 Å². The Labute approximate surface area is 159 Å². The topological polar surface area (TPSA) is 78.4 Å². The molecule has 2 N–H and O–H groups in total. The Morgan fingerprint density at radius 3 is 2.67 bits per heavy atom. The molecular weight excluding hydrogens is 340 g/mol. The van der Waals surface area contributed by atoms with Gasteiger partial charge in [0.25, 0.3) is 0 Å². The number of anilines is 1. The third-order valence-electron chi connectivity index (χ3n) is 5.99. The van der Waals surface area contributed by atoms with Crippen LogP contribution in [0.2, 0.25) is 0 Å². The van der Waals surface area contributed by atoms with Crippen LogP contribution < -0.4 is 10.2 Å². The Morgan fingerprint density at radius 2 is 1.89 bits per heavy atom. The molecule has 1 spiro atoms. The maximum atomic E-state index is 11.7. The zero-order valence-electron chi connectivity index (χ0n) is 15.7. The number of amides is 1. The number of aryl methyl sites for hydroxylation is 1. The van der Waals surface area contributed by atoms with Gasteiger partial charge in [-0.3, -0.25) is 4.79 Å². The molecule has 4 rings (SSSR count). The van der Waals surface area contributed by atoms with Crippen LogP contribution in [0.3, 0.4) is 0 Å². The van der Waals surface area contributed by atoms with Gasteiger partial charge in [0.2, 0.25) is 5.91 Å². The fourth-order valence-corrected chi connectivity index (χ4v) is 4.27. The third-order valence-corrected chi connectivity index (χ3v) is 5.99. The zero-order valence-corrected chi connectivity index (χ0v) is 15.7. The van der Waals surface area contributed by atoms with E-state index < -0.39 is 0 Å². The summed E-state index contributed by atoms with van der Waals surface area (Å²) in [5.41, 5.74) is 1.82. The second kappa shape index (κ2) is 7.18. The second-order valence-corrected chi connectivity index (χ2v) is 7.80. The molecule has 0 radical (unpaired) electrons. The molecule has 1 aromatic heterocycles. The number of aromatic hydroxyl groups is 1. The van der Waals surface area contributed by atoms with E-state index in [1.807, 2.05) is 25.1 Å². The molecule has 6 nitrogen and oxygen atoms in total. The van der Waals surface area contributed by atoms with Crippen LogP contribution in [0.4, 0.5) is 5.82 Å². The smallest absolute Gasteiger partial charge is 0.220 e. The molecule has 2 aromatic rings. The summed E-state index contributed by atoms with van der Waals surface area (Å²) in [6, 6.07) is 9.19. The lowest BCUT2D eigenvalue weighted by molar-refractivity contribution is -0.120. The minimum atomic E-state index is 0.188. The Kier molecular flexibility index (Phi) is 4.72. The number of benzene rings is 1. The first kappa shape index (κ1) is 17.8. The average molecular weight is 366 g/mol. The van der Waals surface area contributed by atoms with Gasteiger partial charge in [-0.05, 0) is 50.2 Å². The number of aromatic nitrogens is 2. The number of piperidine rings is 1.